The smallest absolute Gasteiger partial charge is 0.123 e. The van der Waals surface area contributed by atoms with E-state index in [2.05, 4.69) is 15.2 Å². The van der Waals surface area contributed by atoms with Crippen molar-refractivity contribution in [2.45, 2.75) is 6.92 Å². The van der Waals surface area contributed by atoms with Gasteiger partial charge in [0.15, 0.2) is 0 Å². The van der Waals surface area contributed by atoms with Crippen LogP contribution in [0.1, 0.15) is 5.69 Å². The molecular weight excluding hydrogens is 205 g/mol. The van der Waals surface area contributed by atoms with Crippen molar-refractivity contribution < 1.29 is 4.39 Å². The lowest BCUT2D eigenvalue weighted by atomic mass is 10.2. The lowest BCUT2D eigenvalue weighted by Crippen LogP contribution is -1.76. The van der Waals surface area contributed by atoms with Crippen LogP contribution < -0.4 is 0 Å². The molecule has 2 aromatic heterocycles. The summed E-state index contributed by atoms with van der Waals surface area (Å²) in [6.07, 6.45) is 0. The predicted molar refractivity (Wildman–Crippen MR) is 60.6 cm³/mol. The number of hydrogen-bond donors (Lipinski definition) is 2. The fourth-order valence-electron chi connectivity index (χ4n) is 1.80. The maximum absolute atomic E-state index is 13.0. The molecule has 0 unspecified atom stereocenters. The molecule has 3 rings (SSSR count). The first-order chi connectivity index (χ1) is 7.72. The fourth-order valence-corrected chi connectivity index (χ4v) is 1.80. The predicted octanol–water partition coefficient (Wildman–Crippen LogP) is 3.01. The minimum Gasteiger partial charge on any atom is -0.353 e. The van der Waals surface area contributed by atoms with E-state index in [0.717, 1.165) is 28.0 Å². The number of aromatic nitrogens is 3. The standard InChI is InChI=1S/C12H10FN3/c1-7-4-12(16-15-7)11-6-8-5-9(13)2-3-10(8)14-11/h2-6,14H,1H3,(H,15,16). The molecule has 2 heterocycles. The maximum Gasteiger partial charge on any atom is 0.123 e. The number of benzene rings is 1. The second-order valence-corrected chi connectivity index (χ2v) is 3.85. The quantitative estimate of drug-likeness (QED) is 0.644. The molecule has 0 aliphatic heterocycles. The first kappa shape index (κ1) is 9.15. The van der Waals surface area contributed by atoms with Crippen molar-refractivity contribution in [1.29, 1.82) is 0 Å². The number of rotatable bonds is 1. The van der Waals surface area contributed by atoms with E-state index in [1.165, 1.54) is 12.1 Å². The third-order valence-electron chi connectivity index (χ3n) is 2.56. The molecule has 16 heavy (non-hydrogen) atoms. The van der Waals surface area contributed by atoms with Gasteiger partial charge in [0.25, 0.3) is 0 Å². The van der Waals surface area contributed by atoms with E-state index in [9.17, 15) is 4.39 Å². The highest BCUT2D eigenvalue weighted by Gasteiger charge is 2.06. The Morgan fingerprint density at radius 2 is 2.06 bits per heavy atom. The highest BCUT2D eigenvalue weighted by molar-refractivity contribution is 5.85. The van der Waals surface area contributed by atoms with Crippen molar-refractivity contribution in [1.82, 2.24) is 15.2 Å². The molecule has 3 aromatic rings. The monoisotopic (exact) mass is 215 g/mol. The zero-order valence-corrected chi connectivity index (χ0v) is 8.71. The van der Waals surface area contributed by atoms with Crippen molar-refractivity contribution in [2.75, 3.05) is 0 Å². The van der Waals surface area contributed by atoms with Gasteiger partial charge in [-0.2, -0.15) is 5.10 Å². The third kappa shape index (κ3) is 1.39. The minimum atomic E-state index is -0.226. The van der Waals surface area contributed by atoms with E-state index < -0.39 is 0 Å². The molecule has 0 saturated heterocycles. The summed E-state index contributed by atoms with van der Waals surface area (Å²) < 4.78 is 13.0. The van der Waals surface area contributed by atoms with Crippen LogP contribution in [0.15, 0.2) is 30.3 Å². The molecule has 0 saturated carbocycles. The second-order valence-electron chi connectivity index (χ2n) is 3.85. The van der Waals surface area contributed by atoms with Gasteiger partial charge in [-0.3, -0.25) is 5.10 Å². The summed E-state index contributed by atoms with van der Waals surface area (Å²) in [6.45, 7) is 1.94. The second kappa shape index (κ2) is 3.20. The molecule has 0 atom stereocenters. The Hall–Kier alpha value is -2.10. The van der Waals surface area contributed by atoms with Gasteiger partial charge in [-0.1, -0.05) is 0 Å². The van der Waals surface area contributed by atoms with E-state index in [0.29, 0.717) is 0 Å². The number of hydrogen-bond acceptors (Lipinski definition) is 1. The van der Waals surface area contributed by atoms with Gasteiger partial charge in [0, 0.05) is 16.6 Å². The molecule has 80 valence electrons. The molecule has 1 aromatic carbocycles. The van der Waals surface area contributed by atoms with Crippen LogP contribution in [-0.4, -0.2) is 15.2 Å². The average molecular weight is 215 g/mol. The van der Waals surface area contributed by atoms with Crippen LogP contribution in [-0.2, 0) is 0 Å². The van der Waals surface area contributed by atoms with Crippen LogP contribution in [0, 0.1) is 12.7 Å². The van der Waals surface area contributed by atoms with Gasteiger partial charge in [0.1, 0.15) is 11.5 Å². The Morgan fingerprint density at radius 3 is 2.81 bits per heavy atom. The van der Waals surface area contributed by atoms with Crippen LogP contribution in [0.4, 0.5) is 4.39 Å². The van der Waals surface area contributed by atoms with Gasteiger partial charge in [-0.25, -0.2) is 4.39 Å². The Morgan fingerprint density at radius 1 is 1.19 bits per heavy atom. The van der Waals surface area contributed by atoms with Crippen molar-refractivity contribution in [2.24, 2.45) is 0 Å². The molecule has 4 heteroatoms. The van der Waals surface area contributed by atoms with E-state index in [1.54, 1.807) is 6.07 Å². The topological polar surface area (TPSA) is 44.5 Å². The first-order valence-corrected chi connectivity index (χ1v) is 5.03. The largest absolute Gasteiger partial charge is 0.353 e. The lowest BCUT2D eigenvalue weighted by Gasteiger charge is -1.88. The van der Waals surface area contributed by atoms with Gasteiger partial charge in [-0.05, 0) is 37.3 Å². The van der Waals surface area contributed by atoms with Gasteiger partial charge in [0.2, 0.25) is 0 Å². The van der Waals surface area contributed by atoms with Crippen molar-refractivity contribution >= 4 is 10.9 Å². The van der Waals surface area contributed by atoms with Gasteiger partial charge < -0.3 is 4.98 Å². The molecule has 0 fully saturated rings. The summed E-state index contributed by atoms with van der Waals surface area (Å²) in [5.41, 5.74) is 3.65. The van der Waals surface area contributed by atoms with E-state index in [4.69, 9.17) is 0 Å². The summed E-state index contributed by atoms with van der Waals surface area (Å²) in [5, 5.41) is 7.89. The number of nitrogens with zero attached hydrogens (tertiary/aromatic N) is 1. The third-order valence-corrected chi connectivity index (χ3v) is 2.56. The molecule has 0 bridgehead atoms. The summed E-state index contributed by atoms with van der Waals surface area (Å²) in [5.74, 6) is -0.226. The van der Waals surface area contributed by atoms with Crippen LogP contribution in [0.25, 0.3) is 22.3 Å². The number of halogens is 1. The highest BCUT2D eigenvalue weighted by atomic mass is 19.1. The summed E-state index contributed by atoms with van der Waals surface area (Å²) in [7, 11) is 0. The number of aromatic amines is 2. The summed E-state index contributed by atoms with van der Waals surface area (Å²) in [6, 6.07) is 8.52. The minimum absolute atomic E-state index is 0.226. The van der Waals surface area contributed by atoms with Crippen LogP contribution >= 0.6 is 0 Å². The van der Waals surface area contributed by atoms with Gasteiger partial charge >= 0.3 is 0 Å². The molecule has 0 radical (unpaired) electrons. The van der Waals surface area contributed by atoms with Crippen LogP contribution in [0.5, 0.6) is 0 Å². The lowest BCUT2D eigenvalue weighted by molar-refractivity contribution is 0.630. The zero-order valence-electron chi connectivity index (χ0n) is 8.71. The molecule has 0 aliphatic carbocycles. The maximum atomic E-state index is 13.0. The van der Waals surface area contributed by atoms with Gasteiger partial charge in [0.05, 0.1) is 5.69 Å². The number of H-pyrrole nitrogens is 2. The molecule has 3 nitrogen and oxygen atoms in total. The molecule has 0 amide bonds. The molecule has 2 N–H and O–H groups in total. The fraction of sp³-hybridized carbons (Fsp3) is 0.0833. The Bertz CT molecular complexity index is 651. The average Bonchev–Trinajstić information content (AvgIpc) is 2.83. The Labute approximate surface area is 91.3 Å². The zero-order chi connectivity index (χ0) is 11.1. The molecule has 0 aliphatic rings. The Balaban J connectivity index is 2.18. The Kier molecular flexibility index (Phi) is 1.83. The van der Waals surface area contributed by atoms with Gasteiger partial charge in [-0.15, -0.1) is 0 Å². The first-order valence-electron chi connectivity index (χ1n) is 5.03. The van der Waals surface area contributed by atoms with E-state index in [1.807, 2.05) is 19.1 Å². The number of fused-ring (bicyclic) bond motifs is 1. The highest BCUT2D eigenvalue weighted by Crippen LogP contribution is 2.23. The molecule has 0 spiro atoms. The number of aryl methyl sites for hydroxylation is 1. The van der Waals surface area contributed by atoms with E-state index >= 15 is 0 Å². The van der Waals surface area contributed by atoms with Crippen LogP contribution in [0.2, 0.25) is 0 Å². The van der Waals surface area contributed by atoms with Crippen LogP contribution in [0.3, 0.4) is 0 Å². The van der Waals surface area contributed by atoms with Crippen molar-refractivity contribution in [3.63, 3.8) is 0 Å². The summed E-state index contributed by atoms with van der Waals surface area (Å²) in [4.78, 5) is 3.20. The SMILES string of the molecule is Cc1cc(-c2cc3cc(F)ccc3[nH]2)n[nH]1. The number of nitrogens with one attached hydrogen (secondary N) is 2. The summed E-state index contributed by atoms with van der Waals surface area (Å²) >= 11 is 0. The van der Waals surface area contributed by atoms with Crippen molar-refractivity contribution in [3.8, 4) is 11.4 Å². The van der Waals surface area contributed by atoms with Crippen molar-refractivity contribution in [3.05, 3.63) is 41.8 Å². The molecular formula is C12H10FN3. The normalized spacial score (nSPS) is 11.1. The van der Waals surface area contributed by atoms with E-state index in [-0.39, 0.29) is 5.82 Å².